The molecule has 28 heavy (non-hydrogen) atoms. The molecule has 4 rings (SSSR count). The summed E-state index contributed by atoms with van der Waals surface area (Å²) in [7, 11) is 0. The third-order valence-electron chi connectivity index (χ3n) is 4.30. The number of fused-ring (bicyclic) bond motifs is 2. The van der Waals surface area contributed by atoms with Crippen molar-refractivity contribution < 1.29 is 29.5 Å². The molecule has 4 aromatic rings. The van der Waals surface area contributed by atoms with Crippen LogP contribution in [0, 0.1) is 0 Å². The monoisotopic (exact) mass is 376 g/mol. The molecule has 0 atom stereocenters. The van der Waals surface area contributed by atoms with E-state index in [1.807, 2.05) is 0 Å². The smallest absolute Gasteiger partial charge is 0.312 e. The van der Waals surface area contributed by atoms with Crippen LogP contribution in [0.25, 0.3) is 21.8 Å². The molecule has 4 N–H and O–H groups in total. The summed E-state index contributed by atoms with van der Waals surface area (Å²) >= 11 is 0. The summed E-state index contributed by atoms with van der Waals surface area (Å²) in [5.74, 6) is -1.82. The second-order valence-corrected chi connectivity index (χ2v) is 6.10. The highest BCUT2D eigenvalue weighted by Crippen LogP contribution is 2.21. The number of para-hydroxylation sites is 2. The topological polar surface area (TPSA) is 106 Å². The van der Waals surface area contributed by atoms with Crippen LogP contribution in [-0.4, -0.2) is 22.2 Å². The standard InChI is InChI=1S/C20H14N4O4/c25-19(21-15-9-1-5-13-7-3-11-23(27)17(13)15)20(26)22-16-10-2-6-14-8-4-12-24(28)18(14)16/h1-12H,(H2-2,21,22,25,26,27,28)/p+2. The van der Waals surface area contributed by atoms with Gasteiger partial charge in [-0.2, -0.15) is 0 Å². The van der Waals surface area contributed by atoms with Gasteiger partial charge in [0.25, 0.3) is 11.0 Å². The van der Waals surface area contributed by atoms with Crippen molar-refractivity contribution in [1.29, 1.82) is 0 Å². The summed E-state index contributed by atoms with van der Waals surface area (Å²) in [6, 6.07) is 17.0. The predicted molar refractivity (Wildman–Crippen MR) is 99.9 cm³/mol. The Bertz CT molecular complexity index is 1130. The molecule has 0 saturated heterocycles. The zero-order valence-electron chi connectivity index (χ0n) is 14.5. The van der Waals surface area contributed by atoms with Crippen LogP contribution < -0.4 is 20.1 Å². The summed E-state index contributed by atoms with van der Waals surface area (Å²) in [5, 5.41) is 26.4. The SMILES string of the molecule is O=C(Nc1cccc2ccc[n+](O)c12)C(=O)Nc1cccc2ccc[n+](O)c12. The predicted octanol–water partition coefficient (Wildman–Crippen LogP) is 1.62. The minimum Gasteiger partial charge on any atom is -0.312 e. The van der Waals surface area contributed by atoms with Gasteiger partial charge in [-0.15, -0.1) is 0 Å². The Kier molecular flexibility index (Phi) is 4.21. The van der Waals surface area contributed by atoms with Crippen LogP contribution in [0.3, 0.4) is 0 Å². The average Bonchev–Trinajstić information content (AvgIpc) is 2.68. The zero-order valence-corrected chi connectivity index (χ0v) is 14.5. The highest BCUT2D eigenvalue weighted by atomic mass is 16.5. The molecule has 0 spiro atoms. The summed E-state index contributed by atoms with van der Waals surface area (Å²) < 4.78 is 1.75. The molecule has 0 aliphatic heterocycles. The summed E-state index contributed by atoms with van der Waals surface area (Å²) in [5.41, 5.74) is 1.31. The number of anilines is 2. The van der Waals surface area contributed by atoms with E-state index in [0.29, 0.717) is 21.8 Å². The Labute approximate surface area is 158 Å². The molecule has 2 aromatic heterocycles. The number of nitrogens with zero attached hydrogens (tertiary/aromatic N) is 2. The van der Waals surface area contributed by atoms with Gasteiger partial charge >= 0.3 is 11.8 Å². The van der Waals surface area contributed by atoms with Crippen molar-refractivity contribution in [2.45, 2.75) is 0 Å². The number of amides is 2. The summed E-state index contributed by atoms with van der Waals surface area (Å²) in [6.45, 7) is 0. The highest BCUT2D eigenvalue weighted by Gasteiger charge is 2.22. The zero-order chi connectivity index (χ0) is 19.7. The molecule has 0 bridgehead atoms. The first-order chi connectivity index (χ1) is 13.5. The number of rotatable bonds is 2. The normalized spacial score (nSPS) is 10.7. The van der Waals surface area contributed by atoms with E-state index in [1.54, 1.807) is 60.7 Å². The number of nitrogens with one attached hydrogen (secondary N) is 2. The molecule has 2 aromatic carbocycles. The molecule has 0 saturated carbocycles. The van der Waals surface area contributed by atoms with E-state index in [-0.39, 0.29) is 11.4 Å². The van der Waals surface area contributed by atoms with Crippen molar-refractivity contribution in [3.63, 3.8) is 0 Å². The van der Waals surface area contributed by atoms with Gasteiger partial charge in [-0.3, -0.25) is 20.0 Å². The van der Waals surface area contributed by atoms with Crippen molar-refractivity contribution in [2.24, 2.45) is 0 Å². The van der Waals surface area contributed by atoms with Crippen molar-refractivity contribution in [1.82, 2.24) is 0 Å². The van der Waals surface area contributed by atoms with Crippen LogP contribution in [0.1, 0.15) is 0 Å². The van der Waals surface area contributed by atoms with Crippen molar-refractivity contribution in [2.75, 3.05) is 10.6 Å². The Morgan fingerprint density at radius 3 is 1.46 bits per heavy atom. The second kappa shape index (κ2) is 6.84. The maximum Gasteiger partial charge on any atom is 0.314 e. The van der Waals surface area contributed by atoms with Gasteiger partial charge in [0, 0.05) is 21.6 Å². The molecule has 0 aliphatic rings. The molecule has 8 nitrogen and oxygen atoms in total. The first-order valence-electron chi connectivity index (χ1n) is 8.42. The molecule has 0 unspecified atom stereocenters. The van der Waals surface area contributed by atoms with E-state index in [9.17, 15) is 20.0 Å². The van der Waals surface area contributed by atoms with E-state index in [4.69, 9.17) is 0 Å². The van der Waals surface area contributed by atoms with Crippen LogP contribution in [0.2, 0.25) is 0 Å². The van der Waals surface area contributed by atoms with Gasteiger partial charge in [0.05, 0.1) is 10.8 Å². The van der Waals surface area contributed by atoms with Crippen LogP contribution in [-0.2, 0) is 9.59 Å². The maximum atomic E-state index is 12.4. The third kappa shape index (κ3) is 3.03. The number of aromatic nitrogens is 2. The van der Waals surface area contributed by atoms with Crippen molar-refractivity contribution in [3.05, 3.63) is 73.1 Å². The molecule has 0 radical (unpaired) electrons. The third-order valence-corrected chi connectivity index (χ3v) is 4.30. The largest absolute Gasteiger partial charge is 0.314 e. The van der Waals surface area contributed by atoms with E-state index in [1.165, 1.54) is 12.4 Å². The van der Waals surface area contributed by atoms with Crippen LogP contribution in [0.15, 0.2) is 73.1 Å². The molecule has 0 aliphatic carbocycles. The number of pyridine rings is 2. The van der Waals surface area contributed by atoms with Crippen LogP contribution in [0.5, 0.6) is 0 Å². The minimum absolute atomic E-state index is 0.288. The Balaban J connectivity index is 1.62. The number of hydrogen-bond donors (Lipinski definition) is 4. The lowest BCUT2D eigenvalue weighted by Crippen LogP contribution is -2.35. The van der Waals surface area contributed by atoms with E-state index < -0.39 is 11.8 Å². The average molecular weight is 376 g/mol. The van der Waals surface area contributed by atoms with Gasteiger partial charge in [-0.1, -0.05) is 12.1 Å². The molecule has 138 valence electrons. The number of carbonyl (C=O) groups excluding carboxylic acids is 2. The van der Waals surface area contributed by atoms with Gasteiger partial charge < -0.3 is 10.6 Å². The molecule has 0 fully saturated rings. The van der Waals surface area contributed by atoms with Gasteiger partial charge in [0.1, 0.15) is 11.4 Å². The van der Waals surface area contributed by atoms with E-state index in [2.05, 4.69) is 10.6 Å². The van der Waals surface area contributed by atoms with Crippen LogP contribution in [0.4, 0.5) is 11.4 Å². The van der Waals surface area contributed by atoms with E-state index >= 15 is 0 Å². The fourth-order valence-electron chi connectivity index (χ4n) is 3.07. The number of benzene rings is 2. The van der Waals surface area contributed by atoms with Gasteiger partial charge in [0.2, 0.25) is 12.4 Å². The minimum atomic E-state index is -0.909. The Morgan fingerprint density at radius 1 is 0.643 bits per heavy atom. The lowest BCUT2D eigenvalue weighted by Gasteiger charge is -2.07. The van der Waals surface area contributed by atoms with Crippen molar-refractivity contribution >= 4 is 45.0 Å². The molecule has 8 heteroatoms. The van der Waals surface area contributed by atoms with Crippen LogP contribution >= 0.6 is 0 Å². The van der Waals surface area contributed by atoms with Gasteiger partial charge in [-0.25, -0.2) is 0 Å². The van der Waals surface area contributed by atoms with Gasteiger partial charge in [-0.05, 0) is 36.4 Å². The lowest BCUT2D eigenvalue weighted by atomic mass is 10.2. The quantitative estimate of drug-likeness (QED) is 0.242. The van der Waals surface area contributed by atoms with Gasteiger partial charge in [0.15, 0.2) is 0 Å². The highest BCUT2D eigenvalue weighted by molar-refractivity contribution is 6.44. The number of carbonyl (C=O) groups is 2. The lowest BCUT2D eigenvalue weighted by molar-refractivity contribution is -0.884. The van der Waals surface area contributed by atoms with E-state index in [0.717, 1.165) is 9.46 Å². The Morgan fingerprint density at radius 2 is 1.04 bits per heavy atom. The molecular weight excluding hydrogens is 360 g/mol. The van der Waals surface area contributed by atoms with Crippen molar-refractivity contribution in [3.8, 4) is 0 Å². The molecule has 2 heterocycles. The fourth-order valence-corrected chi connectivity index (χ4v) is 3.07. The molecular formula is C20H16N4O4+2. The molecule has 2 amide bonds. The Hall–Kier alpha value is -4.20. The first kappa shape index (κ1) is 17.2. The first-order valence-corrected chi connectivity index (χ1v) is 8.42. The summed E-state index contributed by atoms with van der Waals surface area (Å²) in [4.78, 5) is 24.8. The summed E-state index contributed by atoms with van der Waals surface area (Å²) in [6.07, 6.45) is 2.85. The maximum absolute atomic E-state index is 12.4. The number of hydrogen-bond acceptors (Lipinski definition) is 4. The second-order valence-electron chi connectivity index (χ2n) is 6.10. The fraction of sp³-hybridized carbons (Fsp3) is 0.